The number of carbonyl (C=O) groups excluding carboxylic acids is 4. The fraction of sp³-hybridized carbons (Fsp3) is 0.464. The molecule has 0 radical (unpaired) electrons. The van der Waals surface area contributed by atoms with Crippen molar-refractivity contribution in [1.29, 1.82) is 0 Å². The van der Waals surface area contributed by atoms with Crippen LogP contribution in [-0.2, 0) is 40.6 Å². The van der Waals surface area contributed by atoms with Gasteiger partial charge in [0.25, 0.3) is 5.91 Å². The van der Waals surface area contributed by atoms with Gasteiger partial charge in [0.15, 0.2) is 5.65 Å². The van der Waals surface area contributed by atoms with Crippen LogP contribution in [0.2, 0.25) is 0 Å². The van der Waals surface area contributed by atoms with Crippen molar-refractivity contribution in [2.24, 2.45) is 18.2 Å². The van der Waals surface area contributed by atoms with Gasteiger partial charge >= 0.3 is 6.18 Å². The van der Waals surface area contributed by atoms with Gasteiger partial charge in [-0.3, -0.25) is 28.4 Å². The van der Waals surface area contributed by atoms with Crippen molar-refractivity contribution in [2.75, 3.05) is 19.6 Å². The van der Waals surface area contributed by atoms with E-state index in [1.54, 1.807) is 34.0 Å². The van der Waals surface area contributed by atoms with E-state index in [2.05, 4.69) is 63.9 Å². The highest BCUT2D eigenvalue weighted by molar-refractivity contribution is 7.13. The number of aromatic nitrogens is 7. The Kier molecular flexibility index (Phi) is 20.9. The summed E-state index contributed by atoms with van der Waals surface area (Å²) < 4.78 is 44.8. The number of nitrogens with zero attached hydrogens (tertiary/aromatic N) is 8. The Morgan fingerprint density at radius 1 is 0.934 bits per heavy atom. The van der Waals surface area contributed by atoms with Gasteiger partial charge in [-0.2, -0.15) is 18.3 Å². The first-order valence-electron chi connectivity index (χ1n) is 26.0. The van der Waals surface area contributed by atoms with Crippen LogP contribution < -0.4 is 16.4 Å². The van der Waals surface area contributed by atoms with Gasteiger partial charge in [-0.05, 0) is 111 Å². The predicted octanol–water partition coefficient (Wildman–Crippen LogP) is 10.0. The summed E-state index contributed by atoms with van der Waals surface area (Å²) in [6.07, 6.45) is 9.98. The molecule has 7 aromatic rings. The Bertz CT molecular complexity index is 2990. The lowest BCUT2D eigenvalue weighted by Crippen LogP contribution is -2.32. The molecular weight excluding hydrogens is 996 g/mol. The smallest absolute Gasteiger partial charge is 0.391 e. The summed E-state index contributed by atoms with van der Waals surface area (Å²) in [5, 5.41) is 29.4. The van der Waals surface area contributed by atoms with Crippen molar-refractivity contribution in [1.82, 2.24) is 49.9 Å². The Labute approximate surface area is 446 Å². The number of unbranched alkanes of at least 4 members (excludes halogenated alkanes) is 6. The van der Waals surface area contributed by atoms with E-state index in [0.29, 0.717) is 42.8 Å². The van der Waals surface area contributed by atoms with Gasteiger partial charge in [-0.15, -0.1) is 16.4 Å². The SMILES string of the molecule is CC(C)(C)CC(=O)N1CCC(O)C1.Cc1ncsc1-c1ccc(C(C)NC=O)cc1.Cn1cc2c3cc(C(=O)NCCCCCCCn4nncc4CCCCCC(N)=O)ccc3n(-c3ccc(C(F)(F)F)cc3)c2n1. The third kappa shape index (κ3) is 16.8. The zero-order valence-electron chi connectivity index (χ0n) is 44.4. The number of thiazole rings is 1. The number of nitrogens with one attached hydrogen (secondary N) is 2. The zero-order valence-corrected chi connectivity index (χ0v) is 45.2. The molecule has 408 valence electrons. The summed E-state index contributed by atoms with van der Waals surface area (Å²) in [5.41, 5.74) is 13.2. The van der Waals surface area contributed by atoms with Crippen molar-refractivity contribution in [3.63, 3.8) is 0 Å². The summed E-state index contributed by atoms with van der Waals surface area (Å²) in [7, 11) is 1.78. The van der Waals surface area contributed by atoms with E-state index in [1.165, 1.54) is 22.6 Å². The molecule has 0 spiro atoms. The minimum absolute atomic E-state index is 0.0455. The second kappa shape index (κ2) is 27.2. The van der Waals surface area contributed by atoms with Gasteiger partial charge in [0.2, 0.25) is 18.2 Å². The fourth-order valence-electron chi connectivity index (χ4n) is 8.99. The van der Waals surface area contributed by atoms with Gasteiger partial charge in [-0.1, -0.05) is 75.9 Å². The van der Waals surface area contributed by atoms with Gasteiger partial charge in [-0.25, -0.2) is 9.67 Å². The molecule has 0 bridgehead atoms. The number of amides is 4. The molecule has 2 unspecified atom stereocenters. The minimum Gasteiger partial charge on any atom is -0.391 e. The highest BCUT2D eigenvalue weighted by Gasteiger charge is 2.30. The van der Waals surface area contributed by atoms with Crippen molar-refractivity contribution >= 4 is 57.4 Å². The molecule has 0 saturated carbocycles. The number of hydrogen-bond donors (Lipinski definition) is 4. The third-order valence-electron chi connectivity index (χ3n) is 13.1. The lowest BCUT2D eigenvalue weighted by atomic mass is 9.92. The number of aliphatic hydroxyl groups excluding tert-OH is 1. The molecule has 8 rings (SSSR count). The van der Waals surface area contributed by atoms with Gasteiger partial charge in [0, 0.05) is 74.3 Å². The Morgan fingerprint density at radius 2 is 1.64 bits per heavy atom. The van der Waals surface area contributed by atoms with Gasteiger partial charge < -0.3 is 26.4 Å². The topological polar surface area (TPSA) is 208 Å². The third-order valence-corrected chi connectivity index (χ3v) is 14.1. The number of carbonyl (C=O) groups is 4. The van der Waals surface area contributed by atoms with Crippen LogP contribution in [0.3, 0.4) is 0 Å². The van der Waals surface area contributed by atoms with E-state index < -0.39 is 11.7 Å². The van der Waals surface area contributed by atoms with Gasteiger partial charge in [0.1, 0.15) is 0 Å². The molecule has 1 aliphatic rings. The van der Waals surface area contributed by atoms with Crippen molar-refractivity contribution in [3.05, 3.63) is 113 Å². The Morgan fingerprint density at radius 3 is 2.29 bits per heavy atom. The van der Waals surface area contributed by atoms with E-state index in [9.17, 15) is 37.5 Å². The quantitative estimate of drug-likeness (QED) is 0.0398. The Hall–Kier alpha value is -6.93. The number of fused-ring (bicyclic) bond motifs is 3. The molecule has 4 amide bonds. The first kappa shape index (κ1) is 58.3. The molecule has 16 nitrogen and oxygen atoms in total. The van der Waals surface area contributed by atoms with Crippen molar-refractivity contribution < 1.29 is 37.5 Å². The predicted molar refractivity (Wildman–Crippen MR) is 291 cm³/mol. The lowest BCUT2D eigenvalue weighted by Gasteiger charge is -2.22. The van der Waals surface area contributed by atoms with E-state index in [0.717, 1.165) is 129 Å². The van der Waals surface area contributed by atoms with E-state index in [4.69, 9.17) is 5.73 Å². The molecular formula is C56H72F3N11O5S. The number of aryl methyl sites for hydroxylation is 4. The number of alkyl halides is 3. The van der Waals surface area contributed by atoms with E-state index in [-0.39, 0.29) is 35.3 Å². The molecule has 1 fully saturated rings. The van der Waals surface area contributed by atoms with Crippen LogP contribution in [0.4, 0.5) is 13.2 Å². The largest absolute Gasteiger partial charge is 0.416 e. The standard InChI is InChI=1S/C33H39F3N8O2.C13H14N2OS.C10H19NO2/c1-42-22-28-27-20-23(12-17-29(27)44(31(28)40-42)25-15-13-24(14-16-25)33(34,35)36)32(46)38-18-8-3-2-4-9-19-43-26(21-39-41-43)10-6-5-7-11-30(37)45;1-9(14-7-16)11-3-5-12(6-4-11)13-10(2)15-8-17-13;1-10(2,3)6-9(13)11-5-4-8(12)7-11/h12-17,20-22H,2-11,18-19H2,1H3,(H2,37,45)(H,38,46);3-9H,1-2H3,(H,14,16);8,12H,4-7H2,1-3H3. The number of nitrogens with two attached hydrogens (primary N) is 1. The highest BCUT2D eigenvalue weighted by Crippen LogP contribution is 2.35. The molecule has 1 saturated heterocycles. The number of halogens is 3. The average Bonchev–Trinajstić information content (AvgIpc) is 4.27. The summed E-state index contributed by atoms with van der Waals surface area (Å²) in [6.45, 7) is 12.8. The van der Waals surface area contributed by atoms with E-state index >= 15 is 0 Å². The molecule has 5 heterocycles. The maximum Gasteiger partial charge on any atom is 0.416 e. The number of hydrogen-bond acceptors (Lipinski definition) is 10. The minimum atomic E-state index is -4.42. The molecule has 4 aromatic heterocycles. The number of likely N-dealkylation sites (tertiary alicyclic amines) is 1. The number of aliphatic hydroxyl groups is 1. The number of benzene rings is 3. The van der Waals surface area contributed by atoms with Crippen LogP contribution in [0, 0.1) is 12.3 Å². The van der Waals surface area contributed by atoms with E-state index in [1.807, 2.05) is 65.3 Å². The maximum absolute atomic E-state index is 13.1. The fourth-order valence-corrected chi connectivity index (χ4v) is 9.80. The van der Waals surface area contributed by atoms with Crippen LogP contribution in [0.5, 0.6) is 0 Å². The first-order chi connectivity index (χ1) is 36.2. The molecule has 0 aliphatic carbocycles. The van der Waals surface area contributed by atoms with Crippen LogP contribution in [-0.4, -0.2) is 94.2 Å². The molecule has 76 heavy (non-hydrogen) atoms. The summed E-state index contributed by atoms with van der Waals surface area (Å²) in [6, 6.07) is 18.6. The normalized spacial score (nSPS) is 14.0. The van der Waals surface area contributed by atoms with Crippen LogP contribution in [0.1, 0.15) is 137 Å². The summed E-state index contributed by atoms with van der Waals surface area (Å²) in [4.78, 5) is 53.0. The zero-order chi connectivity index (χ0) is 55.0. The molecule has 5 N–H and O–H groups in total. The molecule has 2 atom stereocenters. The van der Waals surface area contributed by atoms with Crippen LogP contribution in [0.15, 0.2) is 84.6 Å². The van der Waals surface area contributed by atoms with Gasteiger partial charge in [0.05, 0.1) is 51.2 Å². The second-order valence-electron chi connectivity index (χ2n) is 20.6. The summed E-state index contributed by atoms with van der Waals surface area (Å²) in [5.74, 6) is -0.257. The molecule has 20 heteroatoms. The van der Waals surface area contributed by atoms with Crippen LogP contribution >= 0.6 is 11.3 Å². The number of rotatable bonds is 21. The molecule has 3 aromatic carbocycles. The van der Waals surface area contributed by atoms with Crippen LogP contribution in [0.25, 0.3) is 38.1 Å². The van der Waals surface area contributed by atoms with Crippen molar-refractivity contribution in [3.8, 4) is 16.1 Å². The monoisotopic (exact) mass is 1070 g/mol. The number of β-amino-alcohol motifs (C(OH)–C–C–N with tert-alkyl or cyclic N) is 1. The maximum atomic E-state index is 13.1. The highest BCUT2D eigenvalue weighted by atomic mass is 32.1. The lowest BCUT2D eigenvalue weighted by molar-refractivity contribution is -0.137. The second-order valence-corrected chi connectivity index (χ2v) is 21.4. The first-order valence-corrected chi connectivity index (χ1v) is 26.9. The summed E-state index contributed by atoms with van der Waals surface area (Å²) >= 11 is 1.64. The average molecular weight is 1070 g/mol. The number of primary amides is 1. The van der Waals surface area contributed by atoms with Crippen molar-refractivity contribution in [2.45, 2.75) is 137 Å². The Balaban J connectivity index is 0.000000252. The molecule has 1 aliphatic heterocycles.